The molecule has 2 bridgehead atoms. The van der Waals surface area contributed by atoms with Crippen molar-refractivity contribution in [3.05, 3.63) is 11.6 Å². The maximum atomic E-state index is 11.7. The average Bonchev–Trinajstić information content (AvgIpc) is 2.48. The van der Waals surface area contributed by atoms with E-state index in [1.165, 1.54) is 4.90 Å². The zero-order valence-electron chi connectivity index (χ0n) is 10.8. The minimum absolute atomic E-state index is 0. The molecule has 2 heterocycles. The molecule has 10 heteroatoms. The first-order valence-corrected chi connectivity index (χ1v) is 6.05. The van der Waals surface area contributed by atoms with Gasteiger partial charge in [0.1, 0.15) is 12.1 Å². The van der Waals surface area contributed by atoms with Crippen molar-refractivity contribution in [2.75, 3.05) is 6.54 Å². The van der Waals surface area contributed by atoms with Crippen LogP contribution in [0.25, 0.3) is 0 Å². The van der Waals surface area contributed by atoms with Crippen molar-refractivity contribution in [3.8, 4) is 6.07 Å². The largest absolute Gasteiger partial charge is 1.00 e. The first kappa shape index (κ1) is 15.4. The molecule has 8 nitrogen and oxygen atoms in total. The van der Waals surface area contributed by atoms with Crippen LogP contribution in [0.3, 0.4) is 0 Å². The summed E-state index contributed by atoms with van der Waals surface area (Å²) in [4.78, 5) is 12.9. The molecule has 0 aromatic rings. The second kappa shape index (κ2) is 5.16. The zero-order valence-corrected chi connectivity index (χ0v) is 12.6. The summed E-state index contributed by atoms with van der Waals surface area (Å²) in [6.45, 7) is 1.82. The van der Waals surface area contributed by atoms with Gasteiger partial charge in [0.15, 0.2) is 0 Å². The van der Waals surface area contributed by atoms with Crippen LogP contribution in [-0.2, 0) is 14.7 Å². The smallest absolute Gasteiger partial charge is 1.00 e. The van der Waals surface area contributed by atoms with E-state index >= 15 is 0 Å². The van der Waals surface area contributed by atoms with E-state index in [0.717, 1.165) is 0 Å². The molecule has 2 aliphatic rings. The van der Waals surface area contributed by atoms with E-state index in [-0.39, 0.29) is 37.5 Å². The Morgan fingerprint density at radius 2 is 2.28 bits per heavy atom. The van der Waals surface area contributed by atoms with Crippen LogP contribution in [0.4, 0.5) is 4.79 Å². The summed E-state index contributed by atoms with van der Waals surface area (Å²) in [5.74, 6) is 0. The van der Waals surface area contributed by atoms with Gasteiger partial charge in [-0.05, 0) is 18.6 Å². The molecule has 18 heavy (non-hydrogen) atoms. The number of rotatable bonds is 2. The van der Waals surface area contributed by atoms with E-state index in [1.54, 1.807) is 13.0 Å². The molecule has 2 amide bonds. The van der Waals surface area contributed by atoms with Crippen molar-refractivity contribution in [1.82, 2.24) is 9.96 Å². The number of hydroxylamine groups is 2. The number of hydrogen-bond acceptors (Lipinski definition) is 5. The molecule has 2 aliphatic heterocycles. The number of carbonyl (C=O) groups is 1. The predicted octanol–water partition coefficient (Wildman–Crippen LogP) is -3.20. The van der Waals surface area contributed by atoms with Gasteiger partial charge in [-0.3, -0.25) is 4.55 Å². The number of urea groups is 1. The monoisotopic (exact) mass is 283 g/mol. The summed E-state index contributed by atoms with van der Waals surface area (Å²) < 4.78 is 34.0. The fourth-order valence-electron chi connectivity index (χ4n) is 1.90. The number of hydrogen-bond donors (Lipinski definition) is 1. The summed E-state index contributed by atoms with van der Waals surface area (Å²) >= 11 is 0. The summed E-state index contributed by atoms with van der Waals surface area (Å²) in [5, 5.41) is 9.42. The van der Waals surface area contributed by atoms with Crippen LogP contribution in [0.1, 0.15) is 8.35 Å². The van der Waals surface area contributed by atoms with Crippen molar-refractivity contribution in [1.29, 1.82) is 5.26 Å². The van der Waals surface area contributed by atoms with Crippen LogP contribution in [0.15, 0.2) is 11.6 Å². The van der Waals surface area contributed by atoms with Gasteiger partial charge in [-0.1, -0.05) is 0 Å². The minimum Gasteiger partial charge on any atom is -1.00 e. The molecule has 0 unspecified atom stereocenters. The van der Waals surface area contributed by atoms with Crippen LogP contribution in [0, 0.1) is 11.3 Å². The van der Waals surface area contributed by atoms with Crippen LogP contribution < -0.4 is 29.6 Å². The van der Waals surface area contributed by atoms with Gasteiger partial charge in [0.25, 0.3) is 0 Å². The molecule has 0 aromatic heterocycles. The molecule has 2 atom stereocenters. The van der Waals surface area contributed by atoms with E-state index in [4.69, 9.17) is 9.81 Å². The van der Waals surface area contributed by atoms with E-state index in [1.807, 2.05) is 6.07 Å². The zero-order chi connectivity index (χ0) is 12.8. The van der Waals surface area contributed by atoms with Gasteiger partial charge in [-0.25, -0.2) is 4.79 Å². The molecule has 1 N–H and O–H groups in total. The van der Waals surface area contributed by atoms with Crippen molar-refractivity contribution in [2.45, 2.75) is 19.0 Å². The number of nitriles is 1. The van der Waals surface area contributed by atoms with Gasteiger partial charge in [0, 0.05) is 0 Å². The number of fused-ring (bicyclic) bond motifs is 2. The molecule has 2 rings (SSSR count). The summed E-state index contributed by atoms with van der Waals surface area (Å²) in [5.41, 5.74) is 0.641. The van der Waals surface area contributed by atoms with Gasteiger partial charge in [-0.2, -0.15) is 18.7 Å². The van der Waals surface area contributed by atoms with Gasteiger partial charge in [-0.15, -0.1) is 4.28 Å². The number of nitrogens with zero attached hydrogens (tertiary/aromatic N) is 3. The Kier molecular flexibility index (Phi) is 4.42. The third-order valence-corrected chi connectivity index (χ3v) is 3.02. The maximum Gasteiger partial charge on any atom is 1.00 e. The van der Waals surface area contributed by atoms with Crippen LogP contribution >= 0.6 is 0 Å². The Hall–Kier alpha value is -0.630. The molecule has 0 saturated carbocycles. The van der Waals surface area contributed by atoms with Crippen LogP contribution in [-0.4, -0.2) is 47.6 Å². The van der Waals surface area contributed by atoms with E-state index in [2.05, 4.69) is 4.28 Å². The first-order valence-electron chi connectivity index (χ1n) is 4.68. The molecule has 0 spiro atoms. The Bertz CT molecular complexity index is 545. The molecule has 0 aromatic carbocycles. The molecule has 0 radical (unpaired) electrons. The molecular weight excluding hydrogens is 273 g/mol. The van der Waals surface area contributed by atoms with Crippen molar-refractivity contribution in [3.63, 3.8) is 0 Å². The van der Waals surface area contributed by atoms with Crippen LogP contribution in [0.2, 0.25) is 0 Å². The Labute approximate surface area is 127 Å². The SMILES string of the molecule is CC1=C[C@@H](C#N)N2C[C@@H]1N(OS(=O)(=O)O)C2=O.[H-].[Na+]. The summed E-state index contributed by atoms with van der Waals surface area (Å²) in [6.07, 6.45) is 1.55. The average molecular weight is 283 g/mol. The minimum atomic E-state index is -4.76. The van der Waals surface area contributed by atoms with E-state index in [9.17, 15) is 13.2 Å². The van der Waals surface area contributed by atoms with E-state index < -0.39 is 28.5 Å². The molecule has 0 aliphatic carbocycles. The second-order valence-corrected chi connectivity index (χ2v) is 4.77. The Morgan fingerprint density at radius 1 is 1.67 bits per heavy atom. The van der Waals surface area contributed by atoms with Crippen molar-refractivity contribution in [2.24, 2.45) is 0 Å². The predicted molar refractivity (Wildman–Crippen MR) is 54.6 cm³/mol. The maximum absolute atomic E-state index is 11.7. The fraction of sp³-hybridized carbons (Fsp3) is 0.500. The van der Waals surface area contributed by atoms with Gasteiger partial charge >= 0.3 is 46.0 Å². The van der Waals surface area contributed by atoms with Crippen LogP contribution in [0.5, 0.6) is 0 Å². The van der Waals surface area contributed by atoms with E-state index in [0.29, 0.717) is 10.6 Å². The molecule has 1 fully saturated rings. The second-order valence-electron chi connectivity index (χ2n) is 3.76. The van der Waals surface area contributed by atoms with Gasteiger partial charge < -0.3 is 6.33 Å². The topological polar surface area (TPSA) is 111 Å². The third kappa shape index (κ3) is 2.69. The standard InChI is InChI=1S/C8H9N3O5S.Na.H/c1-5-2-6(3-9)10-4-7(5)11(8(10)12)16-17(13,14)15;;/h2,6-7H,4H2,1H3,(H,13,14,15);;/q;+1;-1/t6-,7-;;/m0../s1. The Balaban J connectivity index is 0.00000162. The summed E-state index contributed by atoms with van der Waals surface area (Å²) in [6, 6.07) is -0.191. The number of amides is 2. The normalized spacial score (nSPS) is 26.5. The summed E-state index contributed by atoms with van der Waals surface area (Å²) in [7, 11) is -4.76. The first-order chi connectivity index (χ1) is 7.83. The van der Waals surface area contributed by atoms with Gasteiger partial charge in [0.2, 0.25) is 0 Å². The van der Waals surface area contributed by atoms with Gasteiger partial charge in [0.05, 0.1) is 12.6 Å². The molecule has 94 valence electrons. The molecule has 1 saturated heterocycles. The Morgan fingerprint density at radius 3 is 2.78 bits per heavy atom. The number of carbonyl (C=O) groups excluding carboxylic acids is 1. The van der Waals surface area contributed by atoms with Crippen molar-refractivity contribution < 1.29 is 53.0 Å². The van der Waals surface area contributed by atoms with Crippen molar-refractivity contribution >= 4 is 16.4 Å². The molecular formula is C8H10N3NaO5S. The fourth-order valence-corrected chi connectivity index (χ4v) is 2.27. The third-order valence-electron chi connectivity index (χ3n) is 2.68. The quantitative estimate of drug-likeness (QED) is 0.324.